The highest BCUT2D eigenvalue weighted by Crippen LogP contribution is 2.59. The third-order valence-corrected chi connectivity index (χ3v) is 17.1. The third kappa shape index (κ3) is 6.28. The highest BCUT2D eigenvalue weighted by Gasteiger charge is 2.51. The van der Waals surface area contributed by atoms with E-state index in [0.717, 1.165) is 59.8 Å². The second-order valence-corrected chi connectivity index (χ2v) is 19.2. The van der Waals surface area contributed by atoms with E-state index in [0.29, 0.717) is 41.5 Å². The van der Waals surface area contributed by atoms with Crippen LogP contribution >= 0.6 is 0 Å². The summed E-state index contributed by atoms with van der Waals surface area (Å²) in [4.78, 5) is 4.61. The molecule has 1 N–H and O–H groups in total. The summed E-state index contributed by atoms with van der Waals surface area (Å²) in [5.74, 6) is 11.8. The van der Waals surface area contributed by atoms with Gasteiger partial charge in [0.05, 0.1) is 6.54 Å². The van der Waals surface area contributed by atoms with Gasteiger partial charge in [-0.3, -0.25) is 4.99 Å². The summed E-state index contributed by atoms with van der Waals surface area (Å²) < 4.78 is 0. The Labute approximate surface area is 315 Å². The summed E-state index contributed by atoms with van der Waals surface area (Å²) in [6.07, 6.45) is 60.3. The van der Waals surface area contributed by atoms with Crippen LogP contribution in [0.2, 0.25) is 0 Å². The monoisotopic (exact) mass is 695 g/mol. The Kier molecular flexibility index (Phi) is 9.72. The average Bonchev–Trinajstić information content (AvgIpc) is 3.75. The number of hydrogen-bond acceptors (Lipinski definition) is 2. The van der Waals surface area contributed by atoms with Crippen LogP contribution in [0.3, 0.4) is 0 Å². The maximum absolute atomic E-state index is 4.61. The van der Waals surface area contributed by atoms with Gasteiger partial charge in [0, 0.05) is 23.9 Å². The van der Waals surface area contributed by atoms with Crippen LogP contribution in [0, 0.1) is 88.8 Å². The van der Waals surface area contributed by atoms with Crippen molar-refractivity contribution in [3.8, 4) is 0 Å². The Hall–Kier alpha value is -2.61. The lowest BCUT2D eigenvalue weighted by Gasteiger charge is -2.54. The summed E-state index contributed by atoms with van der Waals surface area (Å²) in [7, 11) is 0. The van der Waals surface area contributed by atoms with Crippen molar-refractivity contribution >= 4 is 6.21 Å². The molecule has 2 heteroatoms. The zero-order valence-electron chi connectivity index (χ0n) is 31.9. The van der Waals surface area contributed by atoms with Gasteiger partial charge in [-0.15, -0.1) is 0 Å². The maximum Gasteiger partial charge on any atom is 0.0576 e. The minimum Gasteiger partial charge on any atom is -0.382 e. The van der Waals surface area contributed by atoms with E-state index in [-0.39, 0.29) is 0 Å². The molecule has 0 saturated heterocycles. The van der Waals surface area contributed by atoms with Gasteiger partial charge in [-0.05, 0) is 178 Å². The fraction of sp³-hybridized carbons (Fsp3) is 0.660. The molecule has 16 unspecified atom stereocenters. The van der Waals surface area contributed by atoms with Crippen LogP contribution in [0.5, 0.6) is 0 Å². The lowest BCUT2D eigenvalue weighted by atomic mass is 9.51. The number of allylic oxidation sites excluding steroid dienone is 14. The average molecular weight is 695 g/mol. The molecule has 1 aliphatic heterocycles. The number of rotatable bonds is 6. The summed E-state index contributed by atoms with van der Waals surface area (Å²) >= 11 is 0. The van der Waals surface area contributed by atoms with Gasteiger partial charge in [-0.2, -0.15) is 0 Å². The van der Waals surface area contributed by atoms with Crippen molar-refractivity contribution < 1.29 is 0 Å². The SMILES string of the molecule is C1=CC2C(C3=CCN=C3)CCC(C3CCC(C4CCC(C5CC6CCC=CC6C6CCCCC56)C=C4NC4C=CCCC4)C4C=CC=CC43)C2C=C1. The number of nitrogens with one attached hydrogen (secondary N) is 1. The second kappa shape index (κ2) is 14.9. The van der Waals surface area contributed by atoms with E-state index in [1.165, 1.54) is 108 Å². The predicted molar refractivity (Wildman–Crippen MR) is 218 cm³/mol. The van der Waals surface area contributed by atoms with E-state index in [4.69, 9.17) is 0 Å². The molecule has 9 aliphatic carbocycles. The predicted octanol–water partition coefficient (Wildman–Crippen LogP) is 11.8. The molecule has 0 bridgehead atoms. The molecular formula is C50H66N2. The largest absolute Gasteiger partial charge is 0.382 e. The molecule has 10 rings (SSSR count). The summed E-state index contributed by atoms with van der Waals surface area (Å²) in [6, 6.07) is 0.523. The zero-order valence-corrected chi connectivity index (χ0v) is 31.9. The van der Waals surface area contributed by atoms with Gasteiger partial charge < -0.3 is 5.32 Å². The van der Waals surface area contributed by atoms with Crippen molar-refractivity contribution in [3.05, 3.63) is 96.3 Å². The molecule has 52 heavy (non-hydrogen) atoms. The van der Waals surface area contributed by atoms with Crippen LogP contribution in [0.25, 0.3) is 0 Å². The number of aliphatic imine (C=N–C) groups is 1. The van der Waals surface area contributed by atoms with Crippen molar-refractivity contribution in [1.82, 2.24) is 5.32 Å². The van der Waals surface area contributed by atoms with Gasteiger partial charge in [0.15, 0.2) is 0 Å². The molecule has 16 atom stereocenters. The number of nitrogens with zero attached hydrogens (tertiary/aromatic N) is 1. The van der Waals surface area contributed by atoms with Crippen molar-refractivity contribution in [1.29, 1.82) is 0 Å². The molecule has 1 heterocycles. The topological polar surface area (TPSA) is 24.4 Å². The third-order valence-electron chi connectivity index (χ3n) is 17.1. The van der Waals surface area contributed by atoms with Crippen LogP contribution in [-0.2, 0) is 0 Å². The first-order chi connectivity index (χ1) is 25.8. The van der Waals surface area contributed by atoms with E-state index >= 15 is 0 Å². The quantitative estimate of drug-likeness (QED) is 0.275. The minimum absolute atomic E-state index is 0.523. The first kappa shape index (κ1) is 33.9. The van der Waals surface area contributed by atoms with E-state index in [9.17, 15) is 0 Å². The lowest BCUT2D eigenvalue weighted by Crippen LogP contribution is -2.48. The number of hydrogen-bond donors (Lipinski definition) is 1. The molecule has 10 aliphatic rings. The highest BCUT2D eigenvalue weighted by atomic mass is 14.9. The van der Waals surface area contributed by atoms with Crippen molar-refractivity contribution in [2.45, 2.75) is 109 Å². The molecule has 0 aromatic carbocycles. The van der Waals surface area contributed by atoms with E-state index in [2.05, 4.69) is 102 Å². The fourth-order valence-corrected chi connectivity index (χ4v) is 14.9. The van der Waals surface area contributed by atoms with Crippen molar-refractivity contribution in [2.75, 3.05) is 6.54 Å². The summed E-state index contributed by atoms with van der Waals surface area (Å²) in [6.45, 7) is 0.891. The Morgan fingerprint density at radius 1 is 0.519 bits per heavy atom. The van der Waals surface area contributed by atoms with Crippen molar-refractivity contribution in [2.24, 2.45) is 93.8 Å². The standard InChI is InChI=1S/C50H66N2/c1-2-13-36(14-3-1)52-50-31-34(49-30-33-12-4-5-15-37(33)39-16-7-11-21-44(39)49)22-23-48(50)47-27-26-46(42-19-9-10-20-43(42)47)45-25-24-38(35-28-29-51-32-35)40-17-6-8-18-41(40)45/h2,5-6,8-10,13,15,17-20,28,31-34,36-49,52H,1,3-4,7,11-12,14,16,21-27,29-30H2. The zero-order chi connectivity index (χ0) is 34.4. The Bertz CT molecular complexity index is 1580. The molecule has 0 radical (unpaired) electrons. The van der Waals surface area contributed by atoms with E-state index in [1.54, 1.807) is 5.70 Å². The van der Waals surface area contributed by atoms with Crippen molar-refractivity contribution in [3.63, 3.8) is 0 Å². The van der Waals surface area contributed by atoms with E-state index in [1.807, 2.05) is 0 Å². The van der Waals surface area contributed by atoms with Crippen LogP contribution in [0.1, 0.15) is 103 Å². The molecule has 4 fully saturated rings. The van der Waals surface area contributed by atoms with Gasteiger partial charge in [-0.1, -0.05) is 97.9 Å². The Morgan fingerprint density at radius 3 is 2.00 bits per heavy atom. The van der Waals surface area contributed by atoms with Crippen LogP contribution in [0.4, 0.5) is 0 Å². The lowest BCUT2D eigenvalue weighted by molar-refractivity contribution is -0.00387. The molecule has 0 aromatic heterocycles. The molecule has 0 aromatic rings. The minimum atomic E-state index is 0.523. The molecule has 0 amide bonds. The molecule has 276 valence electrons. The highest BCUT2D eigenvalue weighted by molar-refractivity contribution is 5.81. The summed E-state index contributed by atoms with van der Waals surface area (Å²) in [5, 5.41) is 4.33. The molecular weight excluding hydrogens is 629 g/mol. The van der Waals surface area contributed by atoms with Gasteiger partial charge in [0.1, 0.15) is 0 Å². The first-order valence-electron chi connectivity index (χ1n) is 22.5. The van der Waals surface area contributed by atoms with Crippen LogP contribution in [-0.4, -0.2) is 18.8 Å². The smallest absolute Gasteiger partial charge is 0.0576 e. The van der Waals surface area contributed by atoms with Gasteiger partial charge in [0.25, 0.3) is 0 Å². The first-order valence-corrected chi connectivity index (χ1v) is 22.5. The Morgan fingerprint density at radius 2 is 1.21 bits per heavy atom. The number of fused-ring (bicyclic) bond motifs is 5. The van der Waals surface area contributed by atoms with E-state index < -0.39 is 0 Å². The van der Waals surface area contributed by atoms with Gasteiger partial charge in [0.2, 0.25) is 0 Å². The second-order valence-electron chi connectivity index (χ2n) is 19.2. The fourth-order valence-electron chi connectivity index (χ4n) is 14.9. The molecule has 0 spiro atoms. The normalized spacial score (nSPS) is 47.5. The van der Waals surface area contributed by atoms with Gasteiger partial charge in [-0.25, -0.2) is 0 Å². The van der Waals surface area contributed by atoms with Gasteiger partial charge >= 0.3 is 0 Å². The van der Waals surface area contributed by atoms with Crippen LogP contribution < -0.4 is 5.32 Å². The van der Waals surface area contributed by atoms with Crippen LogP contribution in [0.15, 0.2) is 101 Å². The molecule has 4 saturated carbocycles. The Balaban J connectivity index is 0.920. The molecule has 2 nitrogen and oxygen atoms in total. The summed E-state index contributed by atoms with van der Waals surface area (Å²) in [5.41, 5.74) is 3.21. The maximum atomic E-state index is 4.61.